The lowest BCUT2D eigenvalue weighted by Crippen LogP contribution is -2.39. The molecule has 1 N–H and O–H groups in total. The zero-order valence-corrected chi connectivity index (χ0v) is 12.5. The smallest absolute Gasteiger partial charge is 0.316 e. The van der Waals surface area contributed by atoms with Gasteiger partial charge in [0.25, 0.3) is 0 Å². The van der Waals surface area contributed by atoms with Crippen molar-refractivity contribution in [1.29, 1.82) is 0 Å². The van der Waals surface area contributed by atoms with Crippen molar-refractivity contribution in [2.75, 3.05) is 26.2 Å². The summed E-state index contributed by atoms with van der Waals surface area (Å²) in [4.78, 5) is 2.36. The lowest BCUT2D eigenvalue weighted by atomic mass is 9.88. The molecule has 1 aromatic rings. The standard InChI is InChI=1S/C15H19F3N2.ClH/c16-15(17,18)14-3-1-11(2-4-14)9-20-6-5-12-7-19-8-13(12)10-20;/h1-4,12-13,19H,5-10H2;1H. The summed E-state index contributed by atoms with van der Waals surface area (Å²) in [5.41, 5.74) is 0.391. The van der Waals surface area contributed by atoms with Crippen molar-refractivity contribution in [2.45, 2.75) is 19.1 Å². The highest BCUT2D eigenvalue weighted by atomic mass is 35.5. The third-order valence-electron chi connectivity index (χ3n) is 4.48. The van der Waals surface area contributed by atoms with Gasteiger partial charge in [-0.15, -0.1) is 12.4 Å². The Morgan fingerprint density at radius 3 is 2.43 bits per heavy atom. The monoisotopic (exact) mass is 320 g/mol. The Labute approximate surface area is 129 Å². The molecule has 2 aliphatic rings. The fourth-order valence-electron chi connectivity index (χ4n) is 3.31. The van der Waals surface area contributed by atoms with E-state index in [4.69, 9.17) is 0 Å². The van der Waals surface area contributed by atoms with Crippen molar-refractivity contribution in [3.8, 4) is 0 Å². The van der Waals surface area contributed by atoms with Crippen LogP contribution in [0.1, 0.15) is 17.5 Å². The number of piperidine rings is 1. The van der Waals surface area contributed by atoms with Crippen LogP contribution >= 0.6 is 12.4 Å². The highest BCUT2D eigenvalue weighted by molar-refractivity contribution is 5.85. The Hall–Kier alpha value is -0.780. The van der Waals surface area contributed by atoms with Crippen molar-refractivity contribution < 1.29 is 13.2 Å². The average molecular weight is 321 g/mol. The van der Waals surface area contributed by atoms with E-state index in [0.717, 1.165) is 44.2 Å². The number of hydrogen-bond acceptors (Lipinski definition) is 2. The number of benzene rings is 1. The second-order valence-corrected chi connectivity index (χ2v) is 5.90. The number of hydrogen-bond donors (Lipinski definition) is 1. The highest BCUT2D eigenvalue weighted by Crippen LogP contribution is 2.30. The molecule has 118 valence electrons. The quantitative estimate of drug-likeness (QED) is 0.900. The number of likely N-dealkylation sites (tertiary alicyclic amines) is 1. The number of alkyl halides is 3. The summed E-state index contributed by atoms with van der Waals surface area (Å²) in [6.45, 7) is 5.05. The van der Waals surface area contributed by atoms with Gasteiger partial charge in [-0.25, -0.2) is 0 Å². The Morgan fingerprint density at radius 2 is 1.76 bits per heavy atom. The topological polar surface area (TPSA) is 15.3 Å². The lowest BCUT2D eigenvalue weighted by molar-refractivity contribution is -0.137. The Morgan fingerprint density at radius 1 is 1.10 bits per heavy atom. The molecule has 6 heteroatoms. The molecule has 2 saturated heterocycles. The third-order valence-corrected chi connectivity index (χ3v) is 4.48. The third kappa shape index (κ3) is 3.90. The fourth-order valence-corrected chi connectivity index (χ4v) is 3.31. The fraction of sp³-hybridized carbons (Fsp3) is 0.600. The molecule has 3 rings (SSSR count). The van der Waals surface area contributed by atoms with Gasteiger partial charge in [0.2, 0.25) is 0 Å². The van der Waals surface area contributed by atoms with E-state index in [1.54, 1.807) is 12.1 Å². The highest BCUT2D eigenvalue weighted by Gasteiger charge is 2.33. The van der Waals surface area contributed by atoms with Gasteiger partial charge in [0, 0.05) is 13.1 Å². The minimum Gasteiger partial charge on any atom is -0.316 e. The van der Waals surface area contributed by atoms with Crippen LogP contribution in [0.2, 0.25) is 0 Å². The minimum atomic E-state index is -4.24. The SMILES string of the molecule is Cl.FC(F)(F)c1ccc(CN2CCC3CNCC3C2)cc1. The van der Waals surface area contributed by atoms with Gasteiger partial charge >= 0.3 is 6.18 Å². The van der Waals surface area contributed by atoms with Gasteiger partial charge in [-0.2, -0.15) is 13.2 Å². The van der Waals surface area contributed by atoms with Crippen LogP contribution in [0.4, 0.5) is 13.2 Å². The van der Waals surface area contributed by atoms with Crippen LogP contribution in [-0.2, 0) is 12.7 Å². The molecule has 1 aromatic carbocycles. The summed E-state index contributed by atoms with van der Waals surface area (Å²) >= 11 is 0. The largest absolute Gasteiger partial charge is 0.416 e. The molecule has 21 heavy (non-hydrogen) atoms. The predicted molar refractivity (Wildman–Crippen MR) is 78.4 cm³/mol. The maximum Gasteiger partial charge on any atom is 0.416 e. The van der Waals surface area contributed by atoms with Gasteiger partial charge in [-0.1, -0.05) is 12.1 Å². The molecule has 0 aromatic heterocycles. The normalized spacial score (nSPS) is 26.2. The molecule has 2 nitrogen and oxygen atoms in total. The van der Waals surface area contributed by atoms with E-state index in [0.29, 0.717) is 5.92 Å². The summed E-state index contributed by atoms with van der Waals surface area (Å²) in [6.07, 6.45) is -3.05. The van der Waals surface area contributed by atoms with E-state index in [2.05, 4.69) is 10.2 Å². The molecule has 0 saturated carbocycles. The van der Waals surface area contributed by atoms with Crippen molar-refractivity contribution in [2.24, 2.45) is 11.8 Å². The number of nitrogens with zero attached hydrogens (tertiary/aromatic N) is 1. The van der Waals surface area contributed by atoms with E-state index in [9.17, 15) is 13.2 Å². The van der Waals surface area contributed by atoms with Gasteiger partial charge in [-0.05, 0) is 55.6 Å². The van der Waals surface area contributed by atoms with Crippen molar-refractivity contribution in [3.63, 3.8) is 0 Å². The number of halogens is 4. The van der Waals surface area contributed by atoms with Gasteiger partial charge in [0.15, 0.2) is 0 Å². The van der Waals surface area contributed by atoms with Crippen molar-refractivity contribution in [3.05, 3.63) is 35.4 Å². The summed E-state index contributed by atoms with van der Waals surface area (Å²) < 4.78 is 37.5. The van der Waals surface area contributed by atoms with Crippen LogP contribution in [0.25, 0.3) is 0 Å². The van der Waals surface area contributed by atoms with Gasteiger partial charge in [0.1, 0.15) is 0 Å². The molecule has 0 aliphatic carbocycles. The first-order valence-corrected chi connectivity index (χ1v) is 7.11. The van der Waals surface area contributed by atoms with E-state index < -0.39 is 11.7 Å². The van der Waals surface area contributed by atoms with Gasteiger partial charge in [-0.3, -0.25) is 4.90 Å². The molecule has 2 heterocycles. The number of nitrogens with one attached hydrogen (secondary N) is 1. The summed E-state index contributed by atoms with van der Waals surface area (Å²) in [7, 11) is 0. The van der Waals surface area contributed by atoms with Crippen molar-refractivity contribution in [1.82, 2.24) is 10.2 Å². The van der Waals surface area contributed by atoms with E-state index in [1.165, 1.54) is 18.6 Å². The molecule has 2 atom stereocenters. The Kier molecular flexibility index (Phi) is 5.17. The molecule has 0 spiro atoms. The van der Waals surface area contributed by atoms with Gasteiger partial charge in [0.05, 0.1) is 5.56 Å². The summed E-state index contributed by atoms with van der Waals surface area (Å²) in [6, 6.07) is 5.56. The second-order valence-electron chi connectivity index (χ2n) is 5.90. The van der Waals surface area contributed by atoms with E-state index >= 15 is 0 Å². The van der Waals surface area contributed by atoms with Crippen molar-refractivity contribution >= 4 is 12.4 Å². The summed E-state index contributed by atoms with van der Waals surface area (Å²) in [5, 5.41) is 3.42. The molecule has 0 radical (unpaired) electrons. The lowest BCUT2D eigenvalue weighted by Gasteiger charge is -2.34. The number of rotatable bonds is 2. The van der Waals surface area contributed by atoms with Crippen LogP contribution in [0.3, 0.4) is 0 Å². The van der Waals surface area contributed by atoms with Crippen LogP contribution in [0.15, 0.2) is 24.3 Å². The van der Waals surface area contributed by atoms with Crippen LogP contribution in [-0.4, -0.2) is 31.1 Å². The first kappa shape index (κ1) is 16.6. The molecule has 0 amide bonds. The molecule has 2 aliphatic heterocycles. The predicted octanol–water partition coefficient (Wildman–Crippen LogP) is 3.17. The van der Waals surface area contributed by atoms with E-state index in [1.807, 2.05) is 0 Å². The van der Waals surface area contributed by atoms with E-state index in [-0.39, 0.29) is 12.4 Å². The second kappa shape index (κ2) is 6.55. The van der Waals surface area contributed by atoms with Crippen LogP contribution in [0, 0.1) is 11.8 Å². The maximum absolute atomic E-state index is 12.5. The molecule has 0 bridgehead atoms. The molecular weight excluding hydrogens is 301 g/mol. The zero-order valence-electron chi connectivity index (χ0n) is 11.7. The Bertz CT molecular complexity index is 461. The molecular formula is C15H20ClF3N2. The first-order chi connectivity index (χ1) is 9.52. The Balaban J connectivity index is 0.00000161. The number of fused-ring (bicyclic) bond motifs is 1. The molecule has 2 fully saturated rings. The zero-order chi connectivity index (χ0) is 14.2. The summed E-state index contributed by atoms with van der Waals surface area (Å²) in [5.74, 6) is 1.50. The van der Waals surface area contributed by atoms with Gasteiger partial charge < -0.3 is 5.32 Å². The first-order valence-electron chi connectivity index (χ1n) is 7.11. The molecule has 2 unspecified atom stereocenters. The van der Waals surface area contributed by atoms with Crippen LogP contribution in [0.5, 0.6) is 0 Å². The van der Waals surface area contributed by atoms with Crippen LogP contribution < -0.4 is 5.32 Å². The average Bonchev–Trinajstić information content (AvgIpc) is 2.86. The minimum absolute atomic E-state index is 0. The maximum atomic E-state index is 12.5.